The van der Waals surface area contributed by atoms with Crippen molar-refractivity contribution in [3.63, 3.8) is 0 Å². The van der Waals surface area contributed by atoms with Gasteiger partial charge in [-0.1, -0.05) is 291 Å². The number of H-pyrrole nitrogens is 1. The van der Waals surface area contributed by atoms with Gasteiger partial charge in [0.1, 0.15) is 0 Å². The van der Waals surface area contributed by atoms with Crippen LogP contribution in [0.3, 0.4) is 0 Å². The van der Waals surface area contributed by atoms with E-state index in [1.807, 2.05) is 34.8 Å². The molecule has 0 saturated heterocycles. The van der Waals surface area contributed by atoms with E-state index in [0.29, 0.717) is 5.95 Å². The normalized spacial score (nSPS) is 12.0. The molecular formula is C96H55ClN6S4. The zero-order valence-electron chi connectivity index (χ0n) is 56.9. The first-order chi connectivity index (χ1) is 53.0. The zero-order chi connectivity index (χ0) is 70.4. The molecule has 0 aliphatic rings. The molecule has 500 valence electrons. The van der Waals surface area contributed by atoms with Crippen LogP contribution in [0.15, 0.2) is 328 Å². The average molecular weight is 1460 g/mol. The van der Waals surface area contributed by atoms with Gasteiger partial charge in [0.05, 0.1) is 48.4 Å². The molecule has 1 N–H and O–H groups in total. The van der Waals surface area contributed by atoms with E-state index in [9.17, 15) is 0 Å². The molecule has 0 amide bonds. The Labute approximate surface area is 632 Å². The van der Waals surface area contributed by atoms with E-state index < -0.39 is 0 Å². The van der Waals surface area contributed by atoms with E-state index in [1.54, 1.807) is 22.7 Å². The minimum atomic E-state index is 0.275. The van der Waals surface area contributed by atoms with E-state index in [0.717, 1.165) is 70.1 Å². The second-order valence-electron chi connectivity index (χ2n) is 27.1. The van der Waals surface area contributed by atoms with Crippen LogP contribution < -0.4 is 0 Å². The summed E-state index contributed by atoms with van der Waals surface area (Å²) in [7, 11) is 0. The lowest BCUT2D eigenvalue weighted by Gasteiger charge is -2.14. The van der Waals surface area contributed by atoms with Gasteiger partial charge in [-0.25, -0.2) is 19.9 Å². The molecule has 0 aliphatic carbocycles. The predicted molar refractivity (Wildman–Crippen MR) is 463 cm³/mol. The number of hydrogen-bond acceptors (Lipinski definition) is 8. The number of halogens is 1. The molecule has 24 rings (SSSR count). The molecular weight excluding hydrogens is 1400 g/mol. The number of aromatic nitrogens is 6. The molecule has 24 aromatic rings. The molecule has 0 unspecified atom stereocenters. The molecule has 6 nitrogen and oxygen atoms in total. The molecule has 0 spiro atoms. The van der Waals surface area contributed by atoms with Crippen LogP contribution in [-0.2, 0) is 0 Å². The van der Waals surface area contributed by atoms with Gasteiger partial charge in [-0.2, -0.15) is 0 Å². The first-order valence-corrected chi connectivity index (χ1v) is 39.3. The first kappa shape index (κ1) is 61.9. The zero-order valence-corrected chi connectivity index (χ0v) is 60.9. The molecule has 0 aliphatic heterocycles. The van der Waals surface area contributed by atoms with Gasteiger partial charge >= 0.3 is 0 Å². The Morgan fingerprint density at radius 1 is 0.262 bits per heavy atom. The lowest BCUT2D eigenvalue weighted by molar-refractivity contribution is 1.02. The highest BCUT2D eigenvalue weighted by Crippen LogP contribution is 2.51. The van der Waals surface area contributed by atoms with Crippen molar-refractivity contribution in [2.45, 2.75) is 0 Å². The first-order valence-electron chi connectivity index (χ1n) is 35.7. The maximum atomic E-state index is 6.39. The Bertz CT molecular complexity index is 7800. The Kier molecular flexibility index (Phi) is 14.4. The maximum Gasteiger partial charge on any atom is 0.235 e. The van der Waals surface area contributed by atoms with E-state index in [2.05, 4.69) is 335 Å². The SMILES string of the molecule is Clc1nc(-c2ccc(-c3ccccc3)c3ccccc23)c2sc3ccccc3c2n1.c1ccc(-c2ccc(-c3nc(-n4c5ccccc5c5c6sc7ccccc7c6c6ccccc6c54)nc4c3sc3ccccc34)c3ccccc23)cc1.c1ccc2c(c1)[nH]c1c3ccccc3c3c4ccccc4sc3c21. The summed E-state index contributed by atoms with van der Waals surface area (Å²) in [6, 6.07) is 117. The molecule has 0 radical (unpaired) electrons. The third kappa shape index (κ3) is 9.74. The molecule has 8 heterocycles. The van der Waals surface area contributed by atoms with E-state index >= 15 is 0 Å². The standard InChI is InChI=1S/C48H27N3S2.C26H15ClN2S.C22H13NS/c1-2-14-28(15-3-1)29-26-27-33(31-17-5-4-16-30(29)31)43-47-44(37-22-10-13-25-40(37)53-47)50-48(49-43)51-38-23-11-8-20-35(38)42-45(51)34-19-7-6-18-32(34)41-36-21-9-12-24-39(36)52-46(41)42;27-26-28-23(25-24(29-26)21-12-6-7-13-22(21)30-25)20-15-14-17(16-8-2-1-3-9-16)18-10-4-5-11-19(18)20;1-2-8-14-13(7-1)19-16-10-4-6-12-18(16)24-22(19)20-15-9-3-5-11-17(15)23-21(14)20/h1-27H;1-15H;1-12,23H. The van der Waals surface area contributed by atoms with Crippen molar-refractivity contribution in [1.29, 1.82) is 0 Å². The third-order valence-corrected chi connectivity index (χ3v) is 26.2. The van der Waals surface area contributed by atoms with Crippen molar-refractivity contribution in [3.05, 3.63) is 333 Å². The molecule has 11 heteroatoms. The summed E-state index contributed by atoms with van der Waals surface area (Å²) >= 11 is 13.7. The number of para-hydroxylation sites is 2. The van der Waals surface area contributed by atoms with Gasteiger partial charge in [0.15, 0.2) is 0 Å². The minimum Gasteiger partial charge on any atom is -0.354 e. The van der Waals surface area contributed by atoms with Gasteiger partial charge in [-0.3, -0.25) is 4.57 Å². The monoisotopic (exact) mass is 1450 g/mol. The number of aromatic amines is 1. The Morgan fingerprint density at radius 3 is 1.19 bits per heavy atom. The number of nitrogens with one attached hydrogen (secondary N) is 1. The lowest BCUT2D eigenvalue weighted by Crippen LogP contribution is -2.03. The smallest absolute Gasteiger partial charge is 0.235 e. The number of hydrogen-bond donors (Lipinski definition) is 1. The lowest BCUT2D eigenvalue weighted by atomic mass is 9.93. The van der Waals surface area contributed by atoms with Crippen LogP contribution in [0.1, 0.15) is 0 Å². The van der Waals surface area contributed by atoms with Crippen molar-refractivity contribution < 1.29 is 0 Å². The van der Waals surface area contributed by atoms with E-state index in [4.69, 9.17) is 21.6 Å². The van der Waals surface area contributed by atoms with Gasteiger partial charge < -0.3 is 4.98 Å². The van der Waals surface area contributed by atoms with E-state index in [-0.39, 0.29) is 5.28 Å². The summed E-state index contributed by atoms with van der Waals surface area (Å²) in [6.45, 7) is 0. The minimum absolute atomic E-state index is 0.275. The fourth-order valence-corrected chi connectivity index (χ4v) is 21.7. The fourth-order valence-electron chi connectivity index (χ4n) is 16.7. The van der Waals surface area contributed by atoms with Crippen LogP contribution in [0, 0.1) is 0 Å². The van der Waals surface area contributed by atoms with Gasteiger partial charge in [0.2, 0.25) is 11.2 Å². The quantitative estimate of drug-likeness (QED) is 0.174. The highest BCUT2D eigenvalue weighted by Gasteiger charge is 2.27. The summed E-state index contributed by atoms with van der Waals surface area (Å²) in [5.74, 6) is 0.684. The van der Waals surface area contributed by atoms with Gasteiger partial charge in [0.25, 0.3) is 0 Å². The van der Waals surface area contributed by atoms with Crippen LogP contribution in [0.25, 0.3) is 218 Å². The predicted octanol–water partition coefficient (Wildman–Crippen LogP) is 28.8. The summed E-state index contributed by atoms with van der Waals surface area (Å²) in [6.07, 6.45) is 0. The number of benzene rings is 16. The molecule has 8 aromatic heterocycles. The second-order valence-corrected chi connectivity index (χ2v) is 31.6. The topological polar surface area (TPSA) is 72.3 Å². The van der Waals surface area contributed by atoms with Crippen molar-refractivity contribution in [1.82, 2.24) is 29.5 Å². The average Bonchev–Trinajstić information content (AvgIpc) is 1.54. The molecule has 0 saturated carbocycles. The number of thiophene rings is 4. The van der Waals surface area contributed by atoms with Crippen LogP contribution >= 0.6 is 56.9 Å². The Hall–Kier alpha value is -12.5. The second kappa shape index (κ2) is 24.8. The molecule has 0 fully saturated rings. The van der Waals surface area contributed by atoms with Crippen molar-refractivity contribution in [2.24, 2.45) is 0 Å². The van der Waals surface area contributed by atoms with Gasteiger partial charge in [-0.15, -0.1) is 45.3 Å². The van der Waals surface area contributed by atoms with Crippen molar-refractivity contribution in [2.75, 3.05) is 0 Å². The Balaban J connectivity index is 0.000000111. The largest absolute Gasteiger partial charge is 0.354 e. The highest BCUT2D eigenvalue weighted by atomic mass is 35.5. The molecule has 0 bridgehead atoms. The molecule has 107 heavy (non-hydrogen) atoms. The fraction of sp³-hybridized carbons (Fsp3) is 0. The summed E-state index contributed by atoms with van der Waals surface area (Å²) in [5, 5.41) is 22.9. The third-order valence-electron chi connectivity index (χ3n) is 21.3. The van der Waals surface area contributed by atoms with Crippen LogP contribution in [-0.4, -0.2) is 29.5 Å². The number of fused-ring (bicyclic) bond motifs is 28. The van der Waals surface area contributed by atoms with Crippen LogP contribution in [0.2, 0.25) is 5.28 Å². The summed E-state index contributed by atoms with van der Waals surface area (Å²) < 4.78 is 12.3. The summed E-state index contributed by atoms with van der Waals surface area (Å²) in [4.78, 5) is 24.1. The Morgan fingerprint density at radius 2 is 0.636 bits per heavy atom. The van der Waals surface area contributed by atoms with Gasteiger partial charge in [0, 0.05) is 109 Å². The van der Waals surface area contributed by atoms with Crippen molar-refractivity contribution in [3.8, 4) is 50.7 Å². The van der Waals surface area contributed by atoms with Crippen LogP contribution in [0.4, 0.5) is 0 Å². The highest BCUT2D eigenvalue weighted by molar-refractivity contribution is 7.28. The van der Waals surface area contributed by atoms with Gasteiger partial charge in [-0.05, 0) is 103 Å². The number of rotatable bonds is 5. The number of nitrogens with zero attached hydrogens (tertiary/aromatic N) is 5. The van der Waals surface area contributed by atoms with Crippen molar-refractivity contribution >= 4 is 225 Å². The van der Waals surface area contributed by atoms with Crippen LogP contribution in [0.5, 0.6) is 0 Å². The maximum absolute atomic E-state index is 6.39. The van der Waals surface area contributed by atoms with E-state index in [1.165, 1.54) is 142 Å². The summed E-state index contributed by atoms with van der Waals surface area (Å²) in [5.41, 5.74) is 15.5. The molecule has 16 aromatic carbocycles. The molecule has 0 atom stereocenters.